The van der Waals surface area contributed by atoms with Crippen LogP contribution in [0.15, 0.2) is 33.6 Å². The van der Waals surface area contributed by atoms with E-state index in [4.69, 9.17) is 6.53 Å². The molecule has 0 aliphatic carbocycles. The van der Waals surface area contributed by atoms with Crippen LogP contribution in [0.4, 0.5) is 0 Å². The van der Waals surface area contributed by atoms with E-state index in [0.29, 0.717) is 0 Å². The Balaban J connectivity index is 3.36. The number of hydrogen-bond acceptors (Lipinski definition) is 2. The van der Waals surface area contributed by atoms with Gasteiger partial charge >= 0.3 is 89.7 Å². The summed E-state index contributed by atoms with van der Waals surface area (Å²) in [5, 5.41) is 0. The molecular formula is C6H5BBrO2PS2. The van der Waals surface area contributed by atoms with E-state index in [1.807, 2.05) is 0 Å². The molecule has 0 heterocycles. The first-order valence-corrected chi connectivity index (χ1v) is 8.46. The summed E-state index contributed by atoms with van der Waals surface area (Å²) < 4.78 is 23.8. The summed E-state index contributed by atoms with van der Waals surface area (Å²) >= 11 is 3.21. The van der Waals surface area contributed by atoms with Crippen LogP contribution in [0.3, 0.4) is 0 Å². The minimum atomic E-state index is -3.40. The third kappa shape index (κ3) is 2.59. The fourth-order valence-electron chi connectivity index (χ4n) is 0.705. The summed E-state index contributed by atoms with van der Waals surface area (Å²) in [7, 11) is -1.81. The second-order valence-electron chi connectivity index (χ2n) is 2.21. The van der Waals surface area contributed by atoms with Gasteiger partial charge in [-0.15, -0.1) is 0 Å². The van der Waals surface area contributed by atoms with Crippen molar-refractivity contribution in [2.24, 2.45) is 0 Å². The summed E-state index contributed by atoms with van der Waals surface area (Å²) in [6.45, 7) is 5.28. The van der Waals surface area contributed by atoms with Crippen LogP contribution in [0.2, 0.25) is 0 Å². The molecule has 0 aliphatic rings. The van der Waals surface area contributed by atoms with Crippen LogP contribution in [-0.4, -0.2) is 14.9 Å². The molecule has 0 radical (unpaired) electrons. The number of halogens is 1. The molecule has 0 amide bonds. The molecule has 0 unspecified atom stereocenters. The fraction of sp³-hybridized carbons (Fsp3) is 0. The molecule has 13 heavy (non-hydrogen) atoms. The van der Waals surface area contributed by atoms with Crippen LogP contribution in [0.25, 0.3) is 0 Å². The van der Waals surface area contributed by atoms with Crippen LogP contribution < -0.4 is 0 Å². The first-order valence-electron chi connectivity index (χ1n) is 3.15. The molecule has 0 aromatic heterocycles. The van der Waals surface area contributed by atoms with Crippen molar-refractivity contribution in [3.05, 3.63) is 28.7 Å². The van der Waals surface area contributed by atoms with Crippen LogP contribution in [-0.2, 0) is 17.2 Å². The van der Waals surface area contributed by atoms with E-state index in [2.05, 4.69) is 23.9 Å². The average molecular weight is 295 g/mol. The van der Waals surface area contributed by atoms with Gasteiger partial charge in [-0.05, 0) is 0 Å². The Bertz CT molecular complexity index is 531. The van der Waals surface area contributed by atoms with Crippen molar-refractivity contribution in [2.75, 3.05) is 0 Å². The Morgan fingerprint density at radius 1 is 1.31 bits per heavy atom. The Labute approximate surface area is 89.5 Å². The quantitative estimate of drug-likeness (QED) is 0.450. The third-order valence-electron chi connectivity index (χ3n) is 1.34. The zero-order valence-electron chi connectivity index (χ0n) is 6.40. The van der Waals surface area contributed by atoms with Crippen LogP contribution in [0, 0.1) is 0 Å². The van der Waals surface area contributed by atoms with Crippen molar-refractivity contribution in [1.29, 1.82) is 0 Å². The van der Waals surface area contributed by atoms with Gasteiger partial charge in [-0.3, -0.25) is 0 Å². The second kappa shape index (κ2) is 4.17. The van der Waals surface area contributed by atoms with Crippen molar-refractivity contribution in [3.8, 4) is 0 Å². The van der Waals surface area contributed by atoms with Crippen LogP contribution >= 0.6 is 23.9 Å². The van der Waals surface area contributed by atoms with Gasteiger partial charge in [0.25, 0.3) is 0 Å². The van der Waals surface area contributed by atoms with Gasteiger partial charge in [0, 0.05) is 0 Å². The maximum absolute atomic E-state index is 11.5. The van der Waals surface area contributed by atoms with Gasteiger partial charge in [0.2, 0.25) is 0 Å². The number of rotatable bonds is 1. The van der Waals surface area contributed by atoms with E-state index in [0.717, 1.165) is 4.47 Å². The van der Waals surface area contributed by atoms with Gasteiger partial charge in [-0.1, -0.05) is 0 Å². The van der Waals surface area contributed by atoms with E-state index in [1.165, 1.54) is 12.1 Å². The average Bonchev–Trinajstić information content (AvgIpc) is 2.04. The standard InChI is InChI=1S/C6H5BBrO2PS2/c7-12(11)13(9,10)6-3-1-5(8)2-4-6/h1-4,11H. The summed E-state index contributed by atoms with van der Waals surface area (Å²) in [5.41, 5.74) is 0. The van der Waals surface area contributed by atoms with Crippen molar-refractivity contribution < 1.29 is 8.42 Å². The molecule has 0 N–H and O–H groups in total. The summed E-state index contributed by atoms with van der Waals surface area (Å²) in [6.07, 6.45) is 0. The van der Waals surface area contributed by atoms with Gasteiger partial charge in [0.05, 0.1) is 0 Å². The first kappa shape index (κ1) is 11.3. The molecule has 0 aliphatic heterocycles. The molecule has 7 heteroatoms. The van der Waals surface area contributed by atoms with Gasteiger partial charge < -0.3 is 0 Å². The predicted molar refractivity (Wildman–Crippen MR) is 62.8 cm³/mol. The normalized spacial score (nSPS) is 11.3. The molecular weight excluding hydrogens is 290 g/mol. The molecule has 68 valence electrons. The first-order chi connectivity index (χ1) is 5.94. The summed E-state index contributed by atoms with van der Waals surface area (Å²) in [6, 6.07) is 6.33. The van der Waals surface area contributed by atoms with Crippen molar-refractivity contribution in [1.82, 2.24) is 0 Å². The molecule has 0 saturated carbocycles. The predicted octanol–water partition coefficient (Wildman–Crippen LogP) is 1.90. The van der Waals surface area contributed by atoms with Crippen LogP contribution in [0.1, 0.15) is 0 Å². The third-order valence-corrected chi connectivity index (χ3v) is 7.16. The SMILES string of the molecule is B#S(=P)S(=O)(=O)c1ccc(Br)cc1. The molecule has 0 fully saturated rings. The Kier molecular flexibility index (Phi) is 3.63. The fourth-order valence-corrected chi connectivity index (χ4v) is 3.47. The zero-order valence-corrected chi connectivity index (χ0v) is 10.6. The van der Waals surface area contributed by atoms with E-state index < -0.39 is 17.2 Å². The maximum atomic E-state index is 11.5. The van der Waals surface area contributed by atoms with Crippen molar-refractivity contribution in [2.45, 2.75) is 4.90 Å². The molecule has 0 bridgehead atoms. The number of benzene rings is 1. The van der Waals surface area contributed by atoms with E-state index in [-0.39, 0.29) is 4.90 Å². The second-order valence-corrected chi connectivity index (χ2v) is 9.70. The van der Waals surface area contributed by atoms with Crippen molar-refractivity contribution in [3.63, 3.8) is 0 Å². The van der Waals surface area contributed by atoms with Gasteiger partial charge in [0.15, 0.2) is 0 Å². The number of hydrogen-bond donors (Lipinski definition) is 0. The molecule has 0 spiro atoms. The van der Waals surface area contributed by atoms with E-state index in [9.17, 15) is 8.42 Å². The van der Waals surface area contributed by atoms with Gasteiger partial charge in [-0.2, -0.15) is 0 Å². The summed E-state index contributed by atoms with van der Waals surface area (Å²) in [4.78, 5) is 0.219. The van der Waals surface area contributed by atoms with Crippen LogP contribution in [0.5, 0.6) is 0 Å². The molecule has 1 aromatic carbocycles. The van der Waals surface area contributed by atoms with Gasteiger partial charge in [0.1, 0.15) is 0 Å². The molecule has 1 rings (SSSR count). The molecule has 0 atom stereocenters. The Hall–Kier alpha value is 0.235. The molecule has 0 saturated heterocycles. The minimum absolute atomic E-state index is 0.219. The van der Waals surface area contributed by atoms with Crippen molar-refractivity contribution >= 4 is 47.7 Å². The Morgan fingerprint density at radius 3 is 2.15 bits per heavy atom. The van der Waals surface area contributed by atoms with E-state index in [1.54, 1.807) is 12.1 Å². The topological polar surface area (TPSA) is 34.1 Å². The molecule has 2 nitrogen and oxygen atoms in total. The monoisotopic (exact) mass is 294 g/mol. The van der Waals surface area contributed by atoms with Gasteiger partial charge in [-0.25, -0.2) is 0 Å². The molecule has 1 aromatic rings. The summed E-state index contributed by atoms with van der Waals surface area (Å²) in [5.74, 6) is 0. The Morgan fingerprint density at radius 2 is 1.77 bits per heavy atom. The van der Waals surface area contributed by atoms with E-state index >= 15 is 0 Å². The zero-order chi connectivity index (χ0) is 10.1.